The van der Waals surface area contributed by atoms with Crippen LogP contribution in [0.15, 0.2) is 18.2 Å². The maximum Gasteiger partial charge on any atom is 0.181 e. The topological polar surface area (TPSA) is 57.0 Å². The second-order valence-electron chi connectivity index (χ2n) is 4.44. The molecular formula is C13H13N3O2. The van der Waals surface area contributed by atoms with Crippen molar-refractivity contribution in [3.8, 4) is 5.69 Å². The predicted molar refractivity (Wildman–Crippen MR) is 64.6 cm³/mol. The Balaban J connectivity index is 2.07. The average Bonchev–Trinajstić information content (AvgIpc) is 2.93. The molecule has 0 saturated heterocycles. The van der Waals surface area contributed by atoms with E-state index in [1.54, 1.807) is 4.68 Å². The summed E-state index contributed by atoms with van der Waals surface area (Å²) < 4.78 is 7.07. The highest BCUT2D eigenvalue weighted by atomic mass is 16.5. The van der Waals surface area contributed by atoms with Crippen molar-refractivity contribution in [3.05, 3.63) is 40.7 Å². The molecule has 5 heteroatoms. The first-order chi connectivity index (χ1) is 8.66. The Morgan fingerprint density at radius 2 is 2.11 bits per heavy atom. The molecule has 2 aromatic rings. The minimum Gasteiger partial charge on any atom is -0.372 e. The Bertz CT molecular complexity index is 631. The van der Waals surface area contributed by atoms with Crippen LogP contribution in [0.1, 0.15) is 34.2 Å². The summed E-state index contributed by atoms with van der Waals surface area (Å²) in [5, 5.41) is 7.96. The van der Waals surface area contributed by atoms with Gasteiger partial charge < -0.3 is 4.74 Å². The number of rotatable bonds is 2. The van der Waals surface area contributed by atoms with Gasteiger partial charge in [0.05, 0.1) is 24.6 Å². The number of carbonyl (C=O) groups is 1. The van der Waals surface area contributed by atoms with Crippen LogP contribution in [0.25, 0.3) is 5.69 Å². The Kier molecular flexibility index (Phi) is 2.48. The van der Waals surface area contributed by atoms with E-state index >= 15 is 0 Å². The fourth-order valence-electron chi connectivity index (χ4n) is 2.19. The molecule has 0 spiro atoms. The molecule has 5 nitrogen and oxygen atoms in total. The number of hydrogen-bond acceptors (Lipinski definition) is 4. The van der Waals surface area contributed by atoms with Gasteiger partial charge in [0.15, 0.2) is 11.5 Å². The average molecular weight is 243 g/mol. The molecule has 18 heavy (non-hydrogen) atoms. The van der Waals surface area contributed by atoms with E-state index in [1.807, 2.05) is 25.1 Å². The lowest BCUT2D eigenvalue weighted by molar-refractivity contribution is 0.101. The van der Waals surface area contributed by atoms with Crippen molar-refractivity contribution in [2.75, 3.05) is 0 Å². The Morgan fingerprint density at radius 1 is 1.33 bits per heavy atom. The monoisotopic (exact) mass is 243 g/mol. The number of fused-ring (bicyclic) bond motifs is 1. The molecule has 1 aliphatic heterocycles. The third-order valence-electron chi connectivity index (χ3n) is 3.18. The summed E-state index contributed by atoms with van der Waals surface area (Å²) in [7, 11) is 0. The number of ketones is 1. The van der Waals surface area contributed by atoms with E-state index in [-0.39, 0.29) is 5.78 Å². The number of aromatic nitrogens is 3. The standard InChI is InChI=1S/C13H13N3O2/c1-8-13(9(2)17)14-15-16(8)12-4-3-10-6-18-7-11(10)5-12/h3-5H,6-7H2,1-2H3. The lowest BCUT2D eigenvalue weighted by Crippen LogP contribution is -2.02. The largest absolute Gasteiger partial charge is 0.372 e. The van der Waals surface area contributed by atoms with Crippen LogP contribution in [-0.4, -0.2) is 20.8 Å². The van der Waals surface area contributed by atoms with Crippen LogP contribution in [0.2, 0.25) is 0 Å². The number of nitrogens with zero attached hydrogens (tertiary/aromatic N) is 3. The normalized spacial score (nSPS) is 13.7. The van der Waals surface area contributed by atoms with Crippen molar-refractivity contribution >= 4 is 5.78 Å². The molecule has 3 rings (SSSR count). The molecule has 0 atom stereocenters. The van der Waals surface area contributed by atoms with Crippen molar-refractivity contribution in [3.63, 3.8) is 0 Å². The molecule has 0 amide bonds. The fourth-order valence-corrected chi connectivity index (χ4v) is 2.19. The number of benzene rings is 1. The minimum absolute atomic E-state index is 0.0664. The molecule has 0 fully saturated rings. The van der Waals surface area contributed by atoms with Gasteiger partial charge in [0.1, 0.15) is 0 Å². The molecule has 0 radical (unpaired) electrons. The van der Waals surface area contributed by atoms with E-state index in [4.69, 9.17) is 4.74 Å². The van der Waals surface area contributed by atoms with Gasteiger partial charge in [-0.1, -0.05) is 11.3 Å². The smallest absolute Gasteiger partial charge is 0.181 e. The first-order valence-electron chi connectivity index (χ1n) is 5.80. The molecule has 0 unspecified atom stereocenters. The van der Waals surface area contributed by atoms with Crippen LogP contribution < -0.4 is 0 Å². The first kappa shape index (κ1) is 11.1. The molecule has 0 aliphatic carbocycles. The summed E-state index contributed by atoms with van der Waals surface area (Å²) >= 11 is 0. The van der Waals surface area contributed by atoms with Gasteiger partial charge in [-0.2, -0.15) is 0 Å². The summed E-state index contributed by atoms with van der Waals surface area (Å²) in [5.41, 5.74) is 4.49. The minimum atomic E-state index is -0.0664. The van der Waals surface area contributed by atoms with Gasteiger partial charge in [-0.3, -0.25) is 4.79 Å². The van der Waals surface area contributed by atoms with Crippen molar-refractivity contribution < 1.29 is 9.53 Å². The molecule has 92 valence electrons. The highest BCUT2D eigenvalue weighted by Crippen LogP contribution is 2.23. The zero-order valence-electron chi connectivity index (χ0n) is 10.3. The quantitative estimate of drug-likeness (QED) is 0.755. The highest BCUT2D eigenvalue weighted by molar-refractivity contribution is 5.93. The van der Waals surface area contributed by atoms with Gasteiger partial charge in [-0.05, 0) is 30.2 Å². The van der Waals surface area contributed by atoms with Crippen molar-refractivity contribution in [2.24, 2.45) is 0 Å². The van der Waals surface area contributed by atoms with Crippen LogP contribution in [0.5, 0.6) is 0 Å². The van der Waals surface area contributed by atoms with Gasteiger partial charge in [0.25, 0.3) is 0 Å². The maximum atomic E-state index is 11.4. The van der Waals surface area contributed by atoms with Crippen LogP contribution in [0.3, 0.4) is 0 Å². The van der Waals surface area contributed by atoms with E-state index in [2.05, 4.69) is 10.3 Å². The van der Waals surface area contributed by atoms with E-state index in [0.29, 0.717) is 18.9 Å². The lowest BCUT2D eigenvalue weighted by Gasteiger charge is -2.05. The molecule has 1 aliphatic rings. The van der Waals surface area contributed by atoms with Gasteiger partial charge in [0.2, 0.25) is 0 Å². The summed E-state index contributed by atoms with van der Waals surface area (Å²) in [6.07, 6.45) is 0. The third-order valence-corrected chi connectivity index (χ3v) is 3.18. The van der Waals surface area contributed by atoms with Gasteiger partial charge in [-0.25, -0.2) is 4.68 Å². The number of ether oxygens (including phenoxy) is 1. The van der Waals surface area contributed by atoms with Gasteiger partial charge in [0, 0.05) is 6.92 Å². The SMILES string of the molecule is CC(=O)c1nnn(-c2ccc3c(c2)COC3)c1C. The third kappa shape index (κ3) is 1.64. The van der Waals surface area contributed by atoms with E-state index in [9.17, 15) is 4.79 Å². The number of carbonyl (C=O) groups excluding carboxylic acids is 1. The molecular weight excluding hydrogens is 230 g/mol. The van der Waals surface area contributed by atoms with Crippen molar-refractivity contribution in [1.29, 1.82) is 0 Å². The molecule has 2 heterocycles. The van der Waals surface area contributed by atoms with E-state index < -0.39 is 0 Å². The van der Waals surface area contributed by atoms with Crippen LogP contribution in [-0.2, 0) is 18.0 Å². The number of hydrogen-bond donors (Lipinski definition) is 0. The van der Waals surface area contributed by atoms with E-state index in [0.717, 1.165) is 11.4 Å². The highest BCUT2D eigenvalue weighted by Gasteiger charge is 2.16. The number of Topliss-reactive ketones (excluding diaryl/α,β-unsaturated/α-hetero) is 1. The zero-order chi connectivity index (χ0) is 12.7. The Hall–Kier alpha value is -2.01. The lowest BCUT2D eigenvalue weighted by atomic mass is 10.1. The first-order valence-corrected chi connectivity index (χ1v) is 5.80. The second-order valence-corrected chi connectivity index (χ2v) is 4.44. The molecule has 1 aromatic carbocycles. The second kappa shape index (κ2) is 4.03. The summed E-state index contributed by atoms with van der Waals surface area (Å²) in [6, 6.07) is 6.04. The fraction of sp³-hybridized carbons (Fsp3) is 0.308. The van der Waals surface area contributed by atoms with Crippen LogP contribution >= 0.6 is 0 Å². The predicted octanol–water partition coefficient (Wildman–Crippen LogP) is 1.81. The van der Waals surface area contributed by atoms with Crippen molar-refractivity contribution in [1.82, 2.24) is 15.0 Å². The molecule has 0 N–H and O–H groups in total. The maximum absolute atomic E-state index is 11.4. The van der Waals surface area contributed by atoms with Gasteiger partial charge >= 0.3 is 0 Å². The van der Waals surface area contributed by atoms with Crippen LogP contribution in [0.4, 0.5) is 0 Å². The van der Waals surface area contributed by atoms with Gasteiger partial charge in [-0.15, -0.1) is 5.10 Å². The summed E-state index contributed by atoms with van der Waals surface area (Å²) in [6.45, 7) is 4.65. The summed E-state index contributed by atoms with van der Waals surface area (Å²) in [4.78, 5) is 11.4. The van der Waals surface area contributed by atoms with E-state index in [1.165, 1.54) is 18.1 Å². The van der Waals surface area contributed by atoms with Crippen LogP contribution in [0, 0.1) is 6.92 Å². The molecule has 0 bridgehead atoms. The van der Waals surface area contributed by atoms with Crippen molar-refractivity contribution in [2.45, 2.75) is 27.1 Å². The molecule has 0 saturated carbocycles. The Labute approximate surface area is 104 Å². The zero-order valence-corrected chi connectivity index (χ0v) is 10.3. The molecule has 1 aromatic heterocycles. The summed E-state index contributed by atoms with van der Waals surface area (Å²) in [5.74, 6) is -0.0664. The Morgan fingerprint density at radius 3 is 2.83 bits per heavy atom.